The van der Waals surface area contributed by atoms with Crippen molar-refractivity contribution in [2.24, 2.45) is 0 Å². The molecular weight excluding hydrogens is 520 g/mol. The molecule has 4 aromatic rings. The van der Waals surface area contributed by atoms with Gasteiger partial charge in [0.1, 0.15) is 29.2 Å². The van der Waals surface area contributed by atoms with Crippen molar-refractivity contribution >= 4 is 23.0 Å². The number of pyridine rings is 2. The molecule has 40 heavy (non-hydrogen) atoms. The maximum Gasteiger partial charge on any atom is 0.341 e. The van der Waals surface area contributed by atoms with Crippen molar-refractivity contribution in [1.29, 1.82) is 0 Å². The van der Waals surface area contributed by atoms with Crippen LogP contribution in [0.4, 0.5) is 0 Å². The normalized spacial score (nSPS) is 13.5. The SMILES string of the molecule is CC1(C)CO1.CCOC(=O)c1cnn2cc(O)ccc12.CCOC(=O)c1cnn2cc(OCC(C)(C)O)ccc12. The predicted octanol–water partition coefficient (Wildman–Crippen LogP) is 3.67. The summed E-state index contributed by atoms with van der Waals surface area (Å²) in [5, 5.41) is 26.9. The fraction of sp³-hybridized carbons (Fsp3) is 0.429. The van der Waals surface area contributed by atoms with Gasteiger partial charge in [-0.3, -0.25) is 0 Å². The highest BCUT2D eigenvalue weighted by atomic mass is 16.6. The van der Waals surface area contributed by atoms with E-state index in [-0.39, 0.29) is 18.0 Å². The smallest absolute Gasteiger partial charge is 0.341 e. The Labute approximate surface area is 232 Å². The van der Waals surface area contributed by atoms with Crippen LogP contribution in [-0.2, 0) is 14.2 Å². The number of rotatable bonds is 7. The topological polar surface area (TPSA) is 149 Å². The summed E-state index contributed by atoms with van der Waals surface area (Å²) in [6.07, 6.45) is 5.97. The van der Waals surface area contributed by atoms with E-state index in [0.29, 0.717) is 41.1 Å². The third-order valence-electron chi connectivity index (χ3n) is 5.29. The van der Waals surface area contributed by atoms with Crippen LogP contribution < -0.4 is 4.74 Å². The molecule has 0 bridgehead atoms. The van der Waals surface area contributed by atoms with E-state index in [9.17, 15) is 19.8 Å². The number of epoxide rings is 1. The highest BCUT2D eigenvalue weighted by molar-refractivity contribution is 5.97. The predicted molar refractivity (Wildman–Crippen MR) is 146 cm³/mol. The summed E-state index contributed by atoms with van der Waals surface area (Å²) in [5.41, 5.74) is 1.43. The van der Waals surface area contributed by atoms with Gasteiger partial charge in [-0.25, -0.2) is 18.6 Å². The lowest BCUT2D eigenvalue weighted by atomic mass is 10.2. The quantitative estimate of drug-likeness (QED) is 0.255. The number of hydrogen-bond donors (Lipinski definition) is 2. The molecule has 1 aliphatic heterocycles. The van der Waals surface area contributed by atoms with E-state index in [1.807, 2.05) is 0 Å². The Morgan fingerprint density at radius 2 is 1.43 bits per heavy atom. The maximum atomic E-state index is 11.7. The summed E-state index contributed by atoms with van der Waals surface area (Å²) in [6.45, 7) is 12.8. The number of fused-ring (bicyclic) bond motifs is 2. The van der Waals surface area contributed by atoms with Crippen molar-refractivity contribution in [3.8, 4) is 11.5 Å². The van der Waals surface area contributed by atoms with Gasteiger partial charge in [0.2, 0.25) is 0 Å². The lowest BCUT2D eigenvalue weighted by Gasteiger charge is -2.17. The average molecular weight is 557 g/mol. The van der Waals surface area contributed by atoms with Gasteiger partial charge in [0.15, 0.2) is 0 Å². The first kappa shape index (κ1) is 30.4. The van der Waals surface area contributed by atoms with Crippen LogP contribution in [0.2, 0.25) is 0 Å². The minimum atomic E-state index is -0.908. The summed E-state index contributed by atoms with van der Waals surface area (Å²) in [5.74, 6) is -0.134. The van der Waals surface area contributed by atoms with Gasteiger partial charge >= 0.3 is 11.9 Å². The minimum Gasteiger partial charge on any atom is -0.506 e. The highest BCUT2D eigenvalue weighted by Gasteiger charge is 2.32. The summed E-state index contributed by atoms with van der Waals surface area (Å²) in [4.78, 5) is 23.2. The van der Waals surface area contributed by atoms with Crippen molar-refractivity contribution in [1.82, 2.24) is 19.2 Å². The van der Waals surface area contributed by atoms with E-state index in [1.165, 1.54) is 29.2 Å². The molecule has 2 N–H and O–H groups in total. The van der Waals surface area contributed by atoms with Crippen LogP contribution in [0.1, 0.15) is 62.3 Å². The molecular formula is C28H36N4O8. The Morgan fingerprint density at radius 1 is 0.950 bits per heavy atom. The molecule has 1 fully saturated rings. The molecule has 5 heterocycles. The van der Waals surface area contributed by atoms with Gasteiger partial charge in [-0.1, -0.05) is 0 Å². The Kier molecular flexibility index (Phi) is 9.72. The van der Waals surface area contributed by atoms with Crippen molar-refractivity contribution in [3.63, 3.8) is 0 Å². The number of aromatic nitrogens is 4. The van der Waals surface area contributed by atoms with Crippen LogP contribution in [0.3, 0.4) is 0 Å². The molecule has 12 nitrogen and oxygen atoms in total. The van der Waals surface area contributed by atoms with Crippen LogP contribution >= 0.6 is 0 Å². The highest BCUT2D eigenvalue weighted by Crippen LogP contribution is 2.23. The zero-order chi connectivity index (χ0) is 29.5. The molecule has 5 rings (SSSR count). The first-order valence-electron chi connectivity index (χ1n) is 12.8. The maximum absolute atomic E-state index is 11.7. The first-order valence-corrected chi connectivity index (χ1v) is 12.8. The molecule has 0 aromatic carbocycles. The van der Waals surface area contributed by atoms with Gasteiger partial charge < -0.3 is 29.2 Å². The molecule has 216 valence electrons. The Balaban J connectivity index is 0.000000192. The number of carbonyl (C=O) groups excluding carboxylic acids is 2. The second kappa shape index (κ2) is 12.8. The number of hydrogen-bond acceptors (Lipinski definition) is 10. The monoisotopic (exact) mass is 556 g/mol. The second-order valence-corrected chi connectivity index (χ2v) is 10.1. The minimum absolute atomic E-state index is 0.0982. The molecule has 4 aromatic heterocycles. The summed E-state index contributed by atoms with van der Waals surface area (Å²) in [6, 6.07) is 6.58. The molecule has 1 saturated heterocycles. The molecule has 0 amide bonds. The molecule has 1 aliphatic rings. The largest absolute Gasteiger partial charge is 0.506 e. The van der Waals surface area contributed by atoms with E-state index < -0.39 is 17.5 Å². The van der Waals surface area contributed by atoms with Crippen LogP contribution in [0, 0.1) is 0 Å². The molecule has 0 spiro atoms. The van der Waals surface area contributed by atoms with Crippen LogP contribution in [0.5, 0.6) is 11.5 Å². The molecule has 0 aliphatic carbocycles. The number of esters is 2. The second-order valence-electron chi connectivity index (χ2n) is 10.1. The number of nitrogens with zero attached hydrogens (tertiary/aromatic N) is 4. The molecule has 0 radical (unpaired) electrons. The standard InChI is InChI=1S/C14H18N2O4.C10H10N2O3.C4H8O/c1-4-19-13(17)11-7-15-16-8-10(5-6-12(11)16)20-9-14(2,3)18;1-2-15-10(14)8-5-11-12-6-7(13)3-4-9(8)12;1-4(2)3-5-4/h5-8,18H,4,9H2,1-3H3;3-6,13H,2H2,1H3;3H2,1-2H3. The van der Waals surface area contributed by atoms with Gasteiger partial charge in [0.25, 0.3) is 0 Å². The third-order valence-corrected chi connectivity index (χ3v) is 5.29. The molecule has 0 unspecified atom stereocenters. The number of aliphatic hydroxyl groups is 1. The fourth-order valence-electron chi connectivity index (χ4n) is 3.16. The van der Waals surface area contributed by atoms with Gasteiger partial charge in [-0.2, -0.15) is 10.2 Å². The van der Waals surface area contributed by atoms with E-state index in [0.717, 1.165) is 6.61 Å². The average Bonchev–Trinajstić information content (AvgIpc) is 3.27. The van der Waals surface area contributed by atoms with E-state index >= 15 is 0 Å². The lowest BCUT2D eigenvalue weighted by Crippen LogP contribution is -2.27. The Hall–Kier alpha value is -4.16. The van der Waals surface area contributed by atoms with Crippen molar-refractivity contribution in [2.75, 3.05) is 26.4 Å². The number of aromatic hydroxyl groups is 1. The van der Waals surface area contributed by atoms with Crippen molar-refractivity contribution < 1.29 is 38.7 Å². The fourth-order valence-corrected chi connectivity index (χ4v) is 3.16. The summed E-state index contributed by atoms with van der Waals surface area (Å²) < 4.78 is 23.2. The third kappa shape index (κ3) is 8.68. The first-order chi connectivity index (χ1) is 18.8. The van der Waals surface area contributed by atoms with Gasteiger partial charge in [-0.05, 0) is 65.8 Å². The summed E-state index contributed by atoms with van der Waals surface area (Å²) in [7, 11) is 0. The number of ether oxygens (including phenoxy) is 4. The van der Waals surface area contributed by atoms with Crippen molar-refractivity contribution in [3.05, 3.63) is 60.2 Å². The van der Waals surface area contributed by atoms with E-state index in [1.54, 1.807) is 56.6 Å². The zero-order valence-corrected chi connectivity index (χ0v) is 23.6. The molecule has 0 saturated carbocycles. The number of carbonyl (C=O) groups is 2. The van der Waals surface area contributed by atoms with Gasteiger partial charge in [-0.15, -0.1) is 0 Å². The van der Waals surface area contributed by atoms with Crippen molar-refractivity contribution in [2.45, 2.75) is 52.7 Å². The van der Waals surface area contributed by atoms with E-state index in [4.69, 9.17) is 18.9 Å². The summed E-state index contributed by atoms with van der Waals surface area (Å²) >= 11 is 0. The molecule has 0 atom stereocenters. The van der Waals surface area contributed by atoms with E-state index in [2.05, 4.69) is 24.0 Å². The van der Waals surface area contributed by atoms with Gasteiger partial charge in [0.05, 0.1) is 66.8 Å². The Bertz CT molecular complexity index is 1450. The van der Waals surface area contributed by atoms with Crippen LogP contribution in [0.25, 0.3) is 11.0 Å². The van der Waals surface area contributed by atoms with Gasteiger partial charge in [0, 0.05) is 0 Å². The lowest BCUT2D eigenvalue weighted by molar-refractivity contribution is 0.0283. The molecule has 12 heteroatoms. The Morgan fingerprint density at radius 3 is 1.88 bits per heavy atom. The zero-order valence-electron chi connectivity index (χ0n) is 23.6. The van der Waals surface area contributed by atoms with Crippen LogP contribution in [-0.4, -0.2) is 79.0 Å². The van der Waals surface area contributed by atoms with Crippen LogP contribution in [0.15, 0.2) is 49.1 Å².